The first-order chi connectivity index (χ1) is 16.8. The quantitative estimate of drug-likeness (QED) is 0.431. The van der Waals surface area contributed by atoms with Crippen molar-refractivity contribution in [2.24, 2.45) is 5.73 Å². The molecule has 9 nitrogen and oxygen atoms in total. The Balaban J connectivity index is 1.66. The highest BCUT2D eigenvalue weighted by Crippen LogP contribution is 2.29. The fourth-order valence-electron chi connectivity index (χ4n) is 3.40. The van der Waals surface area contributed by atoms with Gasteiger partial charge < -0.3 is 26.4 Å². The van der Waals surface area contributed by atoms with E-state index in [2.05, 4.69) is 22.5 Å². The van der Waals surface area contributed by atoms with Crippen molar-refractivity contribution in [3.8, 4) is 11.1 Å². The molecule has 0 saturated carbocycles. The Morgan fingerprint density at radius 2 is 2.00 bits per heavy atom. The van der Waals surface area contributed by atoms with E-state index in [-0.39, 0.29) is 19.0 Å². The molecule has 1 aliphatic heterocycles. The largest absolute Gasteiger partial charge is 0.442 e. The van der Waals surface area contributed by atoms with Crippen LogP contribution in [0.4, 0.5) is 25.4 Å². The van der Waals surface area contributed by atoms with Crippen molar-refractivity contribution in [2.75, 3.05) is 23.3 Å². The summed E-state index contributed by atoms with van der Waals surface area (Å²) in [4.78, 5) is 36.7. The number of benzene rings is 2. The van der Waals surface area contributed by atoms with Gasteiger partial charge in [-0.1, -0.05) is 24.8 Å². The number of nitrogens with two attached hydrogens (primary N) is 1. The summed E-state index contributed by atoms with van der Waals surface area (Å²) in [5, 5.41) is 7.90. The molecule has 0 radical (unpaired) electrons. The Labute approximate surface area is 202 Å². The molecule has 2 aromatic rings. The molecule has 1 fully saturated rings. The number of cyclic esters (lactones) is 1. The molecule has 0 spiro atoms. The normalized spacial score (nSPS) is 15.6. The number of allylic oxidation sites excluding steroid dienone is 3. The third-order valence-corrected chi connectivity index (χ3v) is 5.00. The van der Waals surface area contributed by atoms with Gasteiger partial charge >= 0.3 is 12.1 Å². The number of ether oxygens (including phenoxy) is 1. The molecule has 3 rings (SSSR count). The van der Waals surface area contributed by atoms with Crippen LogP contribution in [0.3, 0.4) is 0 Å². The zero-order valence-electron chi connectivity index (χ0n) is 19.1. The van der Waals surface area contributed by atoms with Gasteiger partial charge in [-0.2, -0.15) is 0 Å². The summed E-state index contributed by atoms with van der Waals surface area (Å²) >= 11 is 0. The van der Waals surface area contributed by atoms with Crippen LogP contribution in [-0.2, 0) is 9.53 Å². The predicted octanol–water partition coefficient (Wildman–Crippen LogP) is 3.62. The Morgan fingerprint density at radius 3 is 2.63 bits per heavy atom. The molecule has 1 saturated heterocycles. The topological polar surface area (TPSA) is 126 Å². The van der Waals surface area contributed by atoms with E-state index >= 15 is 0 Å². The molecule has 1 atom stereocenters. The van der Waals surface area contributed by atoms with Gasteiger partial charge in [-0.15, -0.1) is 0 Å². The molecule has 0 aliphatic carbocycles. The van der Waals surface area contributed by atoms with Gasteiger partial charge in [0.15, 0.2) is 0 Å². The maximum Gasteiger partial charge on any atom is 0.414 e. The van der Waals surface area contributed by atoms with Crippen LogP contribution in [0.2, 0.25) is 0 Å². The second-order valence-corrected chi connectivity index (χ2v) is 7.59. The zero-order valence-corrected chi connectivity index (χ0v) is 19.1. The van der Waals surface area contributed by atoms with Crippen molar-refractivity contribution in [1.82, 2.24) is 10.6 Å². The van der Waals surface area contributed by atoms with E-state index in [0.717, 1.165) is 0 Å². The van der Waals surface area contributed by atoms with Gasteiger partial charge in [0.1, 0.15) is 11.9 Å². The van der Waals surface area contributed by atoms with E-state index in [1.54, 1.807) is 42.5 Å². The van der Waals surface area contributed by atoms with Crippen molar-refractivity contribution in [3.63, 3.8) is 0 Å². The Bertz CT molecular complexity index is 1180. The molecule has 1 heterocycles. The summed E-state index contributed by atoms with van der Waals surface area (Å²) in [6.45, 7) is 5.33. The van der Waals surface area contributed by atoms with Crippen LogP contribution < -0.4 is 26.6 Å². The average molecular weight is 480 g/mol. The standard InChI is InChI=1S/C25H26FN5O4/c1-3-4-18(11-12-27)29-24(33)30-19-7-5-17(6-8-19)22-10-9-20(13-23(22)26)31-15-21(35-25(31)34)14-28-16(2)32/h3-13,21H,1,14-15,27H2,2H3,(H,28,32)(H2,29,30,33)/b12-11-,18-4+/t21-/m0/s1. The van der Waals surface area contributed by atoms with Crippen LogP contribution in [0.1, 0.15) is 6.92 Å². The second-order valence-electron chi connectivity index (χ2n) is 7.59. The third kappa shape index (κ3) is 6.70. The summed E-state index contributed by atoms with van der Waals surface area (Å²) in [5.41, 5.74) is 7.59. The number of nitrogens with zero attached hydrogens (tertiary/aromatic N) is 1. The molecule has 35 heavy (non-hydrogen) atoms. The number of carbonyl (C=O) groups is 3. The van der Waals surface area contributed by atoms with Crippen molar-refractivity contribution in [1.29, 1.82) is 0 Å². The van der Waals surface area contributed by atoms with E-state index in [1.165, 1.54) is 36.2 Å². The molecule has 0 unspecified atom stereocenters. The van der Waals surface area contributed by atoms with Gasteiger partial charge in [0.05, 0.1) is 18.8 Å². The first-order valence-corrected chi connectivity index (χ1v) is 10.7. The number of urea groups is 1. The number of rotatable bonds is 8. The van der Waals surface area contributed by atoms with Crippen LogP contribution in [-0.4, -0.2) is 37.2 Å². The lowest BCUT2D eigenvalue weighted by molar-refractivity contribution is -0.119. The van der Waals surface area contributed by atoms with Crippen molar-refractivity contribution < 1.29 is 23.5 Å². The monoisotopic (exact) mass is 479 g/mol. The summed E-state index contributed by atoms with van der Waals surface area (Å²) in [5.74, 6) is -0.749. The fourth-order valence-corrected chi connectivity index (χ4v) is 3.40. The van der Waals surface area contributed by atoms with Crippen LogP contribution in [0.15, 0.2) is 79.2 Å². The van der Waals surface area contributed by atoms with Gasteiger partial charge in [-0.25, -0.2) is 14.0 Å². The molecule has 2 aromatic carbocycles. The van der Waals surface area contributed by atoms with Crippen LogP contribution >= 0.6 is 0 Å². The van der Waals surface area contributed by atoms with Gasteiger partial charge in [0.25, 0.3) is 0 Å². The number of halogens is 1. The molecule has 0 aromatic heterocycles. The summed E-state index contributed by atoms with van der Waals surface area (Å²) < 4.78 is 20.1. The predicted molar refractivity (Wildman–Crippen MR) is 132 cm³/mol. The molecule has 4 amide bonds. The highest BCUT2D eigenvalue weighted by Gasteiger charge is 2.32. The van der Waals surface area contributed by atoms with E-state index in [4.69, 9.17) is 10.5 Å². The number of hydrogen-bond acceptors (Lipinski definition) is 5. The number of amides is 4. The summed E-state index contributed by atoms with van der Waals surface area (Å²) in [6.07, 6.45) is 4.79. The molecule has 10 heteroatoms. The van der Waals surface area contributed by atoms with Gasteiger partial charge in [0, 0.05) is 23.9 Å². The van der Waals surface area contributed by atoms with E-state index in [9.17, 15) is 18.8 Å². The fraction of sp³-hybridized carbons (Fsp3) is 0.160. The number of hydrogen-bond donors (Lipinski definition) is 4. The molecule has 5 N–H and O–H groups in total. The third-order valence-electron chi connectivity index (χ3n) is 5.00. The van der Waals surface area contributed by atoms with Gasteiger partial charge in [0.2, 0.25) is 5.91 Å². The smallest absolute Gasteiger partial charge is 0.414 e. The minimum atomic E-state index is -0.603. The van der Waals surface area contributed by atoms with Crippen LogP contribution in [0.25, 0.3) is 11.1 Å². The highest BCUT2D eigenvalue weighted by molar-refractivity contribution is 5.91. The number of nitrogens with one attached hydrogen (secondary N) is 3. The van der Waals surface area contributed by atoms with Crippen molar-refractivity contribution in [3.05, 3.63) is 85.0 Å². The minimum Gasteiger partial charge on any atom is -0.442 e. The summed E-state index contributed by atoms with van der Waals surface area (Å²) in [7, 11) is 0. The first kappa shape index (κ1) is 25.0. The highest BCUT2D eigenvalue weighted by atomic mass is 19.1. The number of carbonyl (C=O) groups excluding carboxylic acids is 3. The number of anilines is 2. The average Bonchev–Trinajstić information content (AvgIpc) is 3.19. The lowest BCUT2D eigenvalue weighted by atomic mass is 10.0. The lowest BCUT2D eigenvalue weighted by Gasteiger charge is -2.15. The first-order valence-electron chi connectivity index (χ1n) is 10.7. The lowest BCUT2D eigenvalue weighted by Crippen LogP contribution is -2.33. The van der Waals surface area contributed by atoms with Gasteiger partial charge in [-0.3, -0.25) is 9.69 Å². The molecule has 0 bridgehead atoms. The van der Waals surface area contributed by atoms with E-state index in [1.807, 2.05) is 0 Å². The Kier molecular flexibility index (Phi) is 8.23. The van der Waals surface area contributed by atoms with Crippen molar-refractivity contribution in [2.45, 2.75) is 13.0 Å². The SMILES string of the molecule is C=C/C=C(\C=C/N)NC(=O)Nc1ccc(-c2ccc(N3C[C@H](CNC(C)=O)OC3=O)cc2F)cc1. The maximum absolute atomic E-state index is 14.9. The van der Waals surface area contributed by atoms with Crippen LogP contribution in [0.5, 0.6) is 0 Å². The molecule has 182 valence electrons. The molecular weight excluding hydrogens is 453 g/mol. The van der Waals surface area contributed by atoms with E-state index in [0.29, 0.717) is 28.2 Å². The Hall–Kier alpha value is -4.60. The Morgan fingerprint density at radius 1 is 1.26 bits per heavy atom. The maximum atomic E-state index is 14.9. The second kappa shape index (κ2) is 11.5. The minimum absolute atomic E-state index is 0.187. The van der Waals surface area contributed by atoms with Gasteiger partial charge in [-0.05, 0) is 54.2 Å². The molecular formula is C25H26FN5O4. The van der Waals surface area contributed by atoms with Crippen LogP contribution in [0, 0.1) is 5.82 Å². The zero-order chi connectivity index (χ0) is 25.4. The molecule has 1 aliphatic rings. The summed E-state index contributed by atoms with van der Waals surface area (Å²) in [6, 6.07) is 10.6. The van der Waals surface area contributed by atoms with E-state index < -0.39 is 24.0 Å². The van der Waals surface area contributed by atoms with Crippen molar-refractivity contribution >= 4 is 29.4 Å².